The number of benzene rings is 5. The Balaban J connectivity index is 0.000000707. The van der Waals surface area contributed by atoms with Crippen LogP contribution in [0.3, 0.4) is 0 Å². The molecule has 5 aromatic rings. The molecule has 1 heteroatoms. The van der Waals surface area contributed by atoms with Gasteiger partial charge < -0.3 is 4.90 Å². The Hall–Kier alpha value is -5.14. The molecular weight excluding hydrogens is 591 g/mol. The number of nitrogens with zero attached hydrogens (tertiary/aromatic N) is 1. The van der Waals surface area contributed by atoms with Gasteiger partial charge in [-0.1, -0.05) is 142 Å². The minimum atomic E-state index is -0.0676. The van der Waals surface area contributed by atoms with Gasteiger partial charge in [0, 0.05) is 22.4 Å². The van der Waals surface area contributed by atoms with Crippen LogP contribution in [-0.2, 0) is 11.8 Å². The monoisotopic (exact) mass is 637 g/mol. The lowest BCUT2D eigenvalue weighted by molar-refractivity contribution is 0.660. The van der Waals surface area contributed by atoms with Crippen molar-refractivity contribution in [2.24, 2.45) is 5.92 Å². The molecule has 0 fully saturated rings. The zero-order chi connectivity index (χ0) is 34.1. The summed E-state index contributed by atoms with van der Waals surface area (Å²) in [7, 11) is 0. The molecule has 0 aromatic heterocycles. The number of hydrogen-bond acceptors (Lipinski definition) is 1. The van der Waals surface area contributed by atoms with Gasteiger partial charge in [-0.25, -0.2) is 0 Å². The minimum Gasteiger partial charge on any atom is -0.310 e. The third-order valence-corrected chi connectivity index (χ3v) is 10.4. The molecule has 3 aliphatic carbocycles. The minimum absolute atomic E-state index is 0.0676. The van der Waals surface area contributed by atoms with E-state index < -0.39 is 0 Å². The van der Waals surface area contributed by atoms with Crippen molar-refractivity contribution in [1.29, 1.82) is 0 Å². The molecule has 0 aliphatic heterocycles. The van der Waals surface area contributed by atoms with Crippen molar-refractivity contribution in [2.75, 3.05) is 4.90 Å². The third kappa shape index (κ3) is 6.04. The topological polar surface area (TPSA) is 3.24 Å². The first-order valence-corrected chi connectivity index (χ1v) is 17.8. The lowest BCUT2D eigenvalue weighted by Crippen LogP contribution is -2.17. The normalized spacial score (nSPS) is 16.8. The van der Waals surface area contributed by atoms with E-state index in [1.807, 2.05) is 19.1 Å². The van der Waals surface area contributed by atoms with Crippen LogP contribution in [0, 0.1) is 12.8 Å². The second-order valence-electron chi connectivity index (χ2n) is 14.2. The summed E-state index contributed by atoms with van der Waals surface area (Å²) in [4.78, 5) is 2.50. The largest absolute Gasteiger partial charge is 0.310 e. The molecule has 0 saturated carbocycles. The van der Waals surface area contributed by atoms with Crippen LogP contribution >= 0.6 is 0 Å². The van der Waals surface area contributed by atoms with Gasteiger partial charge >= 0.3 is 0 Å². The molecule has 0 amide bonds. The standard InChI is InChI=1S/C43H39N.C5H8/c1-28-13-16-30(17-14-28)31-18-20-33(21-19-31)44(42-26-32-9-5-6-10-35(32)36-11-7-8-12-39(36)42)34-22-24-38-37-23-15-29(2)25-40(37)43(3,4)41(38)27-34;1-3-5-4-2/h5-6,8-10,12-13,15-28H,7,11,14H2,1-4H3;3-5H,1H2,2H3/b;5-4-. The molecule has 0 saturated heterocycles. The number of hydrogen-bond donors (Lipinski definition) is 0. The fourth-order valence-corrected chi connectivity index (χ4v) is 7.78. The van der Waals surface area contributed by atoms with Crippen LogP contribution in [0.2, 0.25) is 0 Å². The first-order valence-electron chi connectivity index (χ1n) is 17.8. The Morgan fingerprint density at radius 2 is 1.57 bits per heavy atom. The first-order chi connectivity index (χ1) is 23.8. The van der Waals surface area contributed by atoms with Gasteiger partial charge in [0.1, 0.15) is 0 Å². The highest BCUT2D eigenvalue weighted by atomic mass is 15.1. The summed E-state index contributed by atoms with van der Waals surface area (Å²) in [6, 6.07) is 34.6. The maximum atomic E-state index is 3.46. The summed E-state index contributed by atoms with van der Waals surface area (Å²) in [6.07, 6.45) is 20.5. The molecule has 244 valence electrons. The quantitative estimate of drug-likeness (QED) is 0.173. The highest BCUT2D eigenvalue weighted by Gasteiger charge is 2.36. The molecule has 8 rings (SSSR count). The Kier molecular flexibility index (Phi) is 8.86. The summed E-state index contributed by atoms with van der Waals surface area (Å²) in [6.45, 7) is 14.7. The van der Waals surface area contributed by atoms with Crippen molar-refractivity contribution in [3.8, 4) is 11.1 Å². The number of fused-ring (bicyclic) bond motifs is 6. The van der Waals surface area contributed by atoms with Gasteiger partial charge in [-0.3, -0.25) is 0 Å². The Morgan fingerprint density at radius 3 is 2.29 bits per heavy atom. The third-order valence-electron chi connectivity index (χ3n) is 10.4. The average Bonchev–Trinajstić information content (AvgIpc) is 3.34. The van der Waals surface area contributed by atoms with E-state index in [9.17, 15) is 0 Å². The van der Waals surface area contributed by atoms with Gasteiger partial charge in [0.25, 0.3) is 0 Å². The molecule has 0 heterocycles. The molecular formula is C48H47N. The molecule has 0 radical (unpaired) electrons. The lowest BCUT2D eigenvalue weighted by Gasteiger charge is -2.31. The van der Waals surface area contributed by atoms with Crippen molar-refractivity contribution in [3.63, 3.8) is 0 Å². The molecule has 0 spiro atoms. The van der Waals surface area contributed by atoms with E-state index in [-0.39, 0.29) is 5.41 Å². The number of anilines is 3. The first kappa shape index (κ1) is 32.4. The van der Waals surface area contributed by atoms with Crippen LogP contribution < -0.4 is 4.90 Å². The van der Waals surface area contributed by atoms with E-state index >= 15 is 0 Å². The van der Waals surface area contributed by atoms with E-state index in [1.165, 1.54) is 77.9 Å². The van der Waals surface area contributed by atoms with E-state index in [1.54, 1.807) is 6.08 Å². The molecule has 49 heavy (non-hydrogen) atoms. The molecule has 1 unspecified atom stereocenters. The van der Waals surface area contributed by atoms with Crippen LogP contribution in [0.1, 0.15) is 73.9 Å². The maximum absolute atomic E-state index is 3.46. The summed E-state index contributed by atoms with van der Waals surface area (Å²) >= 11 is 0. The van der Waals surface area contributed by atoms with Gasteiger partial charge in [-0.15, -0.1) is 0 Å². The zero-order valence-electron chi connectivity index (χ0n) is 29.6. The SMILES string of the molecule is C=C/C=C\C.Cc1ccc2c(c1)C(C)(C)c1cc(N(c3ccc(C4=CCC(C)C=C4)cc3)c3cc4ccccc4c4c3C=CCC4)ccc1-2. The average molecular weight is 638 g/mol. The predicted molar refractivity (Wildman–Crippen MR) is 214 cm³/mol. The number of aryl methyl sites for hydroxylation is 2. The highest BCUT2D eigenvalue weighted by Crippen LogP contribution is 2.51. The predicted octanol–water partition coefficient (Wildman–Crippen LogP) is 13.6. The zero-order valence-corrected chi connectivity index (χ0v) is 29.6. The van der Waals surface area contributed by atoms with Gasteiger partial charge in [-0.2, -0.15) is 0 Å². The van der Waals surface area contributed by atoms with Crippen molar-refractivity contribution < 1.29 is 0 Å². The smallest absolute Gasteiger partial charge is 0.0543 e. The molecule has 1 nitrogen and oxygen atoms in total. The van der Waals surface area contributed by atoms with Gasteiger partial charge in [0.2, 0.25) is 0 Å². The summed E-state index contributed by atoms with van der Waals surface area (Å²) in [5.74, 6) is 0.611. The van der Waals surface area contributed by atoms with Gasteiger partial charge in [-0.05, 0) is 119 Å². The van der Waals surface area contributed by atoms with Crippen LogP contribution in [-0.4, -0.2) is 0 Å². The van der Waals surface area contributed by atoms with Crippen molar-refractivity contribution in [1.82, 2.24) is 0 Å². The summed E-state index contributed by atoms with van der Waals surface area (Å²) in [5, 5.41) is 2.67. The Bertz CT molecular complexity index is 2170. The molecule has 3 aliphatic rings. The number of allylic oxidation sites excluding steroid dienone is 8. The van der Waals surface area contributed by atoms with E-state index in [0.29, 0.717) is 5.92 Å². The van der Waals surface area contributed by atoms with Gasteiger partial charge in [0.15, 0.2) is 0 Å². The second-order valence-corrected chi connectivity index (χ2v) is 14.2. The van der Waals surface area contributed by atoms with Crippen LogP contribution in [0.25, 0.3) is 33.5 Å². The Labute approximate surface area is 293 Å². The van der Waals surface area contributed by atoms with Crippen molar-refractivity contribution in [2.45, 2.75) is 59.3 Å². The fraction of sp³-hybridized carbons (Fsp3) is 0.208. The lowest BCUT2D eigenvalue weighted by atomic mass is 9.82. The molecule has 0 bridgehead atoms. The van der Waals surface area contributed by atoms with E-state index in [0.717, 1.165) is 19.3 Å². The van der Waals surface area contributed by atoms with E-state index in [2.05, 4.69) is 161 Å². The highest BCUT2D eigenvalue weighted by molar-refractivity contribution is 5.98. The van der Waals surface area contributed by atoms with Crippen molar-refractivity contribution in [3.05, 3.63) is 173 Å². The summed E-state index contributed by atoms with van der Waals surface area (Å²) < 4.78 is 0. The van der Waals surface area contributed by atoms with Crippen LogP contribution in [0.5, 0.6) is 0 Å². The molecule has 1 atom stereocenters. The Morgan fingerprint density at radius 1 is 0.837 bits per heavy atom. The summed E-state index contributed by atoms with van der Waals surface area (Å²) in [5.41, 5.74) is 15.8. The van der Waals surface area contributed by atoms with Crippen molar-refractivity contribution >= 4 is 39.5 Å². The van der Waals surface area contributed by atoms with Gasteiger partial charge in [0.05, 0.1) is 5.69 Å². The van der Waals surface area contributed by atoms with Crippen LogP contribution in [0.4, 0.5) is 17.1 Å². The molecule has 5 aromatic carbocycles. The second kappa shape index (κ2) is 13.4. The fourth-order valence-electron chi connectivity index (χ4n) is 7.78. The van der Waals surface area contributed by atoms with Crippen LogP contribution in [0.15, 0.2) is 140 Å². The number of rotatable bonds is 5. The molecule has 0 N–H and O–H groups in total. The van der Waals surface area contributed by atoms with E-state index in [4.69, 9.17) is 0 Å². The maximum Gasteiger partial charge on any atom is 0.0543 e.